The number of fused-ring (bicyclic) bond motifs is 1. The first-order chi connectivity index (χ1) is 11.7. The van der Waals surface area contributed by atoms with Crippen LogP contribution in [0.3, 0.4) is 0 Å². The van der Waals surface area contributed by atoms with Crippen LogP contribution in [0.1, 0.15) is 6.92 Å². The molecule has 1 aliphatic rings. The smallest absolute Gasteiger partial charge is 0.237 e. The maximum Gasteiger partial charge on any atom is 0.237 e. The first kappa shape index (κ1) is 16.5. The number of carbonyl (C=O) groups excluding carboxylic acids is 1. The molecule has 0 aliphatic carbocycles. The maximum absolute atomic E-state index is 12.4. The minimum absolute atomic E-state index is 0.0665. The summed E-state index contributed by atoms with van der Waals surface area (Å²) >= 11 is 1.47. The minimum Gasteiger partial charge on any atom is -0.497 e. The minimum atomic E-state index is -0.251. The van der Waals surface area contributed by atoms with Gasteiger partial charge in [-0.3, -0.25) is 4.79 Å². The molecule has 5 nitrogen and oxygen atoms in total. The van der Waals surface area contributed by atoms with Crippen LogP contribution in [-0.4, -0.2) is 31.5 Å². The summed E-state index contributed by atoms with van der Waals surface area (Å²) < 4.78 is 16.2. The Balaban J connectivity index is 1.63. The van der Waals surface area contributed by atoms with Gasteiger partial charge in [0.05, 0.1) is 12.4 Å². The number of hydrogen-bond acceptors (Lipinski definition) is 5. The number of benzene rings is 2. The standard InChI is InChI=1S/C18H19NO4S/c1-12(18(20)19-13-4-3-5-14(10-13)21-2)24-15-6-7-16-17(11-15)23-9-8-22-16/h3-7,10-12H,8-9H2,1-2H3,(H,19,20). The molecule has 0 saturated heterocycles. The summed E-state index contributed by atoms with van der Waals surface area (Å²) in [6.07, 6.45) is 0. The highest BCUT2D eigenvalue weighted by Gasteiger charge is 2.17. The Bertz CT molecular complexity index is 735. The van der Waals surface area contributed by atoms with E-state index in [1.807, 2.05) is 43.3 Å². The predicted molar refractivity (Wildman–Crippen MR) is 94.4 cm³/mol. The Morgan fingerprint density at radius 2 is 1.96 bits per heavy atom. The Hall–Kier alpha value is -2.34. The molecule has 0 spiro atoms. The first-order valence-electron chi connectivity index (χ1n) is 7.67. The summed E-state index contributed by atoms with van der Waals surface area (Å²) in [4.78, 5) is 13.3. The van der Waals surface area contributed by atoms with Crippen LogP contribution in [0.15, 0.2) is 47.4 Å². The molecule has 0 fully saturated rings. The average Bonchev–Trinajstić information content (AvgIpc) is 2.61. The van der Waals surface area contributed by atoms with E-state index in [2.05, 4.69) is 5.32 Å². The monoisotopic (exact) mass is 345 g/mol. The van der Waals surface area contributed by atoms with Gasteiger partial charge < -0.3 is 19.5 Å². The van der Waals surface area contributed by atoms with Gasteiger partial charge in [0.25, 0.3) is 0 Å². The number of ether oxygens (including phenoxy) is 3. The summed E-state index contributed by atoms with van der Waals surface area (Å²) in [5.41, 5.74) is 0.717. The number of carbonyl (C=O) groups is 1. The Kier molecular flexibility index (Phi) is 5.15. The fourth-order valence-corrected chi connectivity index (χ4v) is 3.20. The highest BCUT2D eigenvalue weighted by Crippen LogP contribution is 2.35. The lowest BCUT2D eigenvalue weighted by Gasteiger charge is -2.19. The quantitative estimate of drug-likeness (QED) is 0.840. The molecule has 2 aromatic rings. The van der Waals surface area contributed by atoms with Crippen LogP contribution in [0.25, 0.3) is 0 Å². The number of thioether (sulfide) groups is 1. The number of amides is 1. The van der Waals surface area contributed by atoms with Crippen molar-refractivity contribution >= 4 is 23.4 Å². The second-order valence-electron chi connectivity index (χ2n) is 5.29. The van der Waals surface area contributed by atoms with Crippen molar-refractivity contribution in [1.29, 1.82) is 0 Å². The topological polar surface area (TPSA) is 56.8 Å². The second kappa shape index (κ2) is 7.49. The van der Waals surface area contributed by atoms with Crippen LogP contribution >= 0.6 is 11.8 Å². The molecule has 24 heavy (non-hydrogen) atoms. The van der Waals surface area contributed by atoms with Crippen molar-refractivity contribution in [3.05, 3.63) is 42.5 Å². The molecule has 1 unspecified atom stereocenters. The van der Waals surface area contributed by atoms with Crippen molar-refractivity contribution in [2.24, 2.45) is 0 Å². The lowest BCUT2D eigenvalue weighted by atomic mass is 10.3. The van der Waals surface area contributed by atoms with E-state index in [9.17, 15) is 4.79 Å². The van der Waals surface area contributed by atoms with E-state index >= 15 is 0 Å². The normalized spacial score (nSPS) is 13.9. The molecule has 6 heteroatoms. The van der Waals surface area contributed by atoms with Gasteiger partial charge in [0.2, 0.25) is 5.91 Å². The van der Waals surface area contributed by atoms with Crippen molar-refractivity contribution in [3.8, 4) is 17.2 Å². The number of anilines is 1. The van der Waals surface area contributed by atoms with Crippen molar-refractivity contribution in [2.75, 3.05) is 25.6 Å². The highest BCUT2D eigenvalue weighted by atomic mass is 32.2. The average molecular weight is 345 g/mol. The Morgan fingerprint density at radius 3 is 2.75 bits per heavy atom. The third kappa shape index (κ3) is 3.94. The van der Waals surface area contributed by atoms with Gasteiger partial charge in [0.1, 0.15) is 19.0 Å². The molecule has 1 heterocycles. The Morgan fingerprint density at radius 1 is 1.17 bits per heavy atom. The van der Waals surface area contributed by atoms with Gasteiger partial charge >= 0.3 is 0 Å². The van der Waals surface area contributed by atoms with Crippen LogP contribution in [0.4, 0.5) is 5.69 Å². The van der Waals surface area contributed by atoms with Crippen molar-refractivity contribution in [3.63, 3.8) is 0 Å². The lowest BCUT2D eigenvalue weighted by Crippen LogP contribution is -2.22. The van der Waals surface area contributed by atoms with Crippen molar-refractivity contribution in [2.45, 2.75) is 17.1 Å². The van der Waals surface area contributed by atoms with Crippen LogP contribution in [0, 0.1) is 0 Å². The van der Waals surface area contributed by atoms with Gasteiger partial charge in [0, 0.05) is 16.6 Å². The molecule has 2 aromatic carbocycles. The molecule has 0 bridgehead atoms. The molecule has 126 valence electrons. The van der Waals surface area contributed by atoms with Gasteiger partial charge in [-0.05, 0) is 37.3 Å². The molecular formula is C18H19NO4S. The summed E-state index contributed by atoms with van der Waals surface area (Å²) in [6, 6.07) is 13.0. The van der Waals surface area contributed by atoms with Crippen LogP contribution in [0.5, 0.6) is 17.2 Å². The fourth-order valence-electron chi connectivity index (χ4n) is 2.30. The Labute approximate surface area is 145 Å². The van der Waals surface area contributed by atoms with Gasteiger partial charge in [-0.25, -0.2) is 0 Å². The third-order valence-corrected chi connectivity index (χ3v) is 4.63. The van der Waals surface area contributed by atoms with E-state index in [1.165, 1.54) is 11.8 Å². The van der Waals surface area contributed by atoms with Gasteiger partial charge in [0.15, 0.2) is 11.5 Å². The molecule has 1 aliphatic heterocycles. The van der Waals surface area contributed by atoms with Gasteiger partial charge in [-0.2, -0.15) is 0 Å². The van der Waals surface area contributed by atoms with Gasteiger partial charge in [-0.1, -0.05) is 6.07 Å². The molecule has 3 rings (SSSR count). The fraction of sp³-hybridized carbons (Fsp3) is 0.278. The van der Waals surface area contributed by atoms with Crippen LogP contribution in [0.2, 0.25) is 0 Å². The number of nitrogens with one attached hydrogen (secondary N) is 1. The summed E-state index contributed by atoms with van der Waals surface area (Å²) in [5, 5.41) is 2.65. The zero-order valence-corrected chi connectivity index (χ0v) is 14.4. The number of methoxy groups -OCH3 is 1. The first-order valence-corrected chi connectivity index (χ1v) is 8.55. The van der Waals surface area contributed by atoms with E-state index < -0.39 is 0 Å². The SMILES string of the molecule is COc1cccc(NC(=O)C(C)Sc2ccc3c(c2)OCCO3)c1. The second-order valence-corrected chi connectivity index (χ2v) is 6.70. The van der Waals surface area contributed by atoms with Crippen molar-refractivity contribution in [1.82, 2.24) is 0 Å². The van der Waals surface area contributed by atoms with E-state index in [-0.39, 0.29) is 11.2 Å². The zero-order valence-electron chi connectivity index (χ0n) is 13.6. The van der Waals surface area contributed by atoms with E-state index in [1.54, 1.807) is 13.2 Å². The van der Waals surface area contributed by atoms with Crippen molar-refractivity contribution < 1.29 is 19.0 Å². The van der Waals surface area contributed by atoms with Crippen LogP contribution in [-0.2, 0) is 4.79 Å². The summed E-state index contributed by atoms with van der Waals surface area (Å²) in [5.74, 6) is 2.12. The maximum atomic E-state index is 12.4. The molecule has 1 amide bonds. The lowest BCUT2D eigenvalue weighted by molar-refractivity contribution is -0.115. The third-order valence-electron chi connectivity index (χ3n) is 3.53. The van der Waals surface area contributed by atoms with E-state index in [4.69, 9.17) is 14.2 Å². The molecule has 1 N–H and O–H groups in total. The zero-order chi connectivity index (χ0) is 16.9. The molecule has 1 atom stereocenters. The largest absolute Gasteiger partial charge is 0.497 e. The molecule has 0 aromatic heterocycles. The number of hydrogen-bond donors (Lipinski definition) is 1. The predicted octanol–water partition coefficient (Wildman–Crippen LogP) is 3.59. The van der Waals surface area contributed by atoms with Crippen LogP contribution < -0.4 is 19.5 Å². The molecule has 0 radical (unpaired) electrons. The summed E-state index contributed by atoms with van der Waals surface area (Å²) in [6.45, 7) is 2.99. The molecular weight excluding hydrogens is 326 g/mol. The highest BCUT2D eigenvalue weighted by molar-refractivity contribution is 8.00. The van der Waals surface area contributed by atoms with Gasteiger partial charge in [-0.15, -0.1) is 11.8 Å². The molecule has 0 saturated carbocycles. The van der Waals surface area contributed by atoms with E-state index in [0.717, 1.165) is 16.4 Å². The number of rotatable bonds is 5. The summed E-state index contributed by atoms with van der Waals surface area (Å²) in [7, 11) is 1.60. The van der Waals surface area contributed by atoms with E-state index in [0.29, 0.717) is 24.7 Å².